The van der Waals surface area contributed by atoms with Crippen LogP contribution in [-0.2, 0) is 0 Å². The fourth-order valence-corrected chi connectivity index (χ4v) is 1.83. The van der Waals surface area contributed by atoms with E-state index >= 15 is 0 Å². The van der Waals surface area contributed by atoms with Gasteiger partial charge in [-0.1, -0.05) is 6.07 Å². The number of ether oxygens (including phenoxy) is 2. The standard InChI is InChI=1S/C13H11NO3/c1-9-2-5-13(15)14(7-9)10-3-4-11-12(6-10)17-8-16-11/h2-7H,8H2,1H3. The molecule has 1 aromatic heterocycles. The molecule has 0 fully saturated rings. The van der Waals surface area contributed by atoms with Gasteiger partial charge in [-0.25, -0.2) is 0 Å². The fourth-order valence-electron chi connectivity index (χ4n) is 1.83. The first-order chi connectivity index (χ1) is 8.24. The topological polar surface area (TPSA) is 40.5 Å². The average molecular weight is 229 g/mol. The van der Waals surface area contributed by atoms with Crippen molar-refractivity contribution in [3.63, 3.8) is 0 Å². The molecule has 17 heavy (non-hydrogen) atoms. The lowest BCUT2D eigenvalue weighted by molar-refractivity contribution is 0.174. The lowest BCUT2D eigenvalue weighted by Gasteiger charge is -2.07. The van der Waals surface area contributed by atoms with Crippen LogP contribution in [0, 0.1) is 6.92 Å². The lowest BCUT2D eigenvalue weighted by atomic mass is 10.2. The number of nitrogens with zero attached hydrogens (tertiary/aromatic N) is 1. The molecule has 0 aliphatic carbocycles. The monoisotopic (exact) mass is 229 g/mol. The van der Waals surface area contributed by atoms with Crippen molar-refractivity contribution in [2.45, 2.75) is 6.92 Å². The first-order valence-electron chi connectivity index (χ1n) is 5.33. The number of pyridine rings is 1. The largest absolute Gasteiger partial charge is 0.454 e. The van der Waals surface area contributed by atoms with Gasteiger partial charge in [0.15, 0.2) is 11.5 Å². The van der Waals surface area contributed by atoms with Crippen molar-refractivity contribution in [1.29, 1.82) is 0 Å². The van der Waals surface area contributed by atoms with E-state index in [9.17, 15) is 4.79 Å². The first kappa shape index (κ1) is 9.96. The predicted molar refractivity (Wildman–Crippen MR) is 62.9 cm³/mol. The molecule has 2 aromatic rings. The van der Waals surface area contributed by atoms with Crippen LogP contribution < -0.4 is 15.0 Å². The molecule has 2 heterocycles. The van der Waals surface area contributed by atoms with E-state index in [0.29, 0.717) is 5.75 Å². The molecule has 3 rings (SSSR count). The summed E-state index contributed by atoms with van der Waals surface area (Å²) in [6.07, 6.45) is 1.81. The number of benzene rings is 1. The summed E-state index contributed by atoms with van der Waals surface area (Å²) in [6.45, 7) is 2.18. The Kier molecular flexibility index (Phi) is 2.14. The maximum absolute atomic E-state index is 11.8. The summed E-state index contributed by atoms with van der Waals surface area (Å²) in [5, 5.41) is 0. The molecule has 0 spiro atoms. The highest BCUT2D eigenvalue weighted by molar-refractivity contribution is 5.50. The Hall–Kier alpha value is -2.23. The Balaban J connectivity index is 2.15. The predicted octanol–water partition coefficient (Wildman–Crippen LogP) is 1.87. The number of aryl methyl sites for hydroxylation is 1. The van der Waals surface area contributed by atoms with Gasteiger partial charge < -0.3 is 9.47 Å². The van der Waals surface area contributed by atoms with E-state index in [1.54, 1.807) is 22.9 Å². The van der Waals surface area contributed by atoms with E-state index in [4.69, 9.17) is 9.47 Å². The van der Waals surface area contributed by atoms with Crippen LogP contribution in [0.3, 0.4) is 0 Å². The van der Waals surface area contributed by atoms with Gasteiger partial charge in [-0.15, -0.1) is 0 Å². The Labute approximate surface area is 98.0 Å². The molecule has 86 valence electrons. The van der Waals surface area contributed by atoms with Gasteiger partial charge >= 0.3 is 0 Å². The van der Waals surface area contributed by atoms with Crippen molar-refractivity contribution >= 4 is 0 Å². The minimum atomic E-state index is -0.0607. The van der Waals surface area contributed by atoms with Crippen LogP contribution in [0.25, 0.3) is 5.69 Å². The molecule has 1 aliphatic heterocycles. The van der Waals surface area contributed by atoms with Crippen LogP contribution in [-0.4, -0.2) is 11.4 Å². The summed E-state index contributed by atoms with van der Waals surface area (Å²) in [5.74, 6) is 1.39. The normalized spacial score (nSPS) is 12.8. The third kappa shape index (κ3) is 1.67. The molecule has 1 aromatic carbocycles. The Morgan fingerprint density at radius 2 is 1.94 bits per heavy atom. The Morgan fingerprint density at radius 1 is 1.12 bits per heavy atom. The highest BCUT2D eigenvalue weighted by atomic mass is 16.7. The van der Waals surface area contributed by atoms with Gasteiger partial charge in [0.05, 0.1) is 5.69 Å². The van der Waals surface area contributed by atoms with E-state index in [1.807, 2.05) is 25.1 Å². The SMILES string of the molecule is Cc1ccc(=O)n(-c2ccc3c(c2)OCO3)c1. The first-order valence-corrected chi connectivity index (χ1v) is 5.33. The Bertz CT molecular complexity index is 631. The summed E-state index contributed by atoms with van der Waals surface area (Å²) in [4.78, 5) is 11.8. The van der Waals surface area contributed by atoms with Gasteiger partial charge in [-0.05, 0) is 24.6 Å². The number of fused-ring (bicyclic) bond motifs is 1. The van der Waals surface area contributed by atoms with Crippen molar-refractivity contribution in [1.82, 2.24) is 4.57 Å². The minimum Gasteiger partial charge on any atom is -0.454 e. The highest BCUT2D eigenvalue weighted by Gasteiger charge is 2.14. The molecule has 0 N–H and O–H groups in total. The average Bonchev–Trinajstić information content (AvgIpc) is 2.79. The summed E-state index contributed by atoms with van der Waals surface area (Å²) in [7, 11) is 0. The summed E-state index contributed by atoms with van der Waals surface area (Å²) < 4.78 is 12.1. The Morgan fingerprint density at radius 3 is 2.82 bits per heavy atom. The second-order valence-corrected chi connectivity index (χ2v) is 3.95. The van der Waals surface area contributed by atoms with Gasteiger partial charge in [0.25, 0.3) is 5.56 Å². The second-order valence-electron chi connectivity index (χ2n) is 3.95. The zero-order valence-corrected chi connectivity index (χ0v) is 9.34. The highest BCUT2D eigenvalue weighted by Crippen LogP contribution is 2.33. The maximum atomic E-state index is 11.8. The summed E-state index contributed by atoms with van der Waals surface area (Å²) in [6, 6.07) is 8.82. The second kappa shape index (κ2) is 3.66. The number of rotatable bonds is 1. The van der Waals surface area contributed by atoms with Gasteiger partial charge in [0.1, 0.15) is 0 Å². The molecule has 0 amide bonds. The van der Waals surface area contributed by atoms with Crippen molar-refractivity contribution in [2.24, 2.45) is 0 Å². The fraction of sp³-hybridized carbons (Fsp3) is 0.154. The van der Waals surface area contributed by atoms with Crippen LogP contribution in [0.15, 0.2) is 41.3 Å². The van der Waals surface area contributed by atoms with E-state index in [-0.39, 0.29) is 12.4 Å². The molecule has 0 saturated carbocycles. The zero-order valence-electron chi connectivity index (χ0n) is 9.34. The third-order valence-electron chi connectivity index (χ3n) is 2.69. The molecule has 1 aliphatic rings. The van der Waals surface area contributed by atoms with Crippen molar-refractivity contribution in [2.75, 3.05) is 6.79 Å². The molecule has 4 nitrogen and oxygen atoms in total. The molecular formula is C13H11NO3. The van der Waals surface area contributed by atoms with Crippen LogP contribution in [0.2, 0.25) is 0 Å². The van der Waals surface area contributed by atoms with Crippen LogP contribution in [0.5, 0.6) is 11.5 Å². The lowest BCUT2D eigenvalue weighted by Crippen LogP contribution is -2.16. The van der Waals surface area contributed by atoms with Crippen LogP contribution in [0.1, 0.15) is 5.56 Å². The quantitative estimate of drug-likeness (QED) is 0.749. The van der Waals surface area contributed by atoms with E-state index in [2.05, 4.69) is 0 Å². The van der Waals surface area contributed by atoms with Crippen LogP contribution in [0.4, 0.5) is 0 Å². The van der Waals surface area contributed by atoms with Gasteiger partial charge in [-0.3, -0.25) is 9.36 Å². The zero-order chi connectivity index (χ0) is 11.8. The third-order valence-corrected chi connectivity index (χ3v) is 2.69. The molecule has 4 heteroatoms. The molecule has 0 radical (unpaired) electrons. The molecule has 0 unspecified atom stereocenters. The maximum Gasteiger partial charge on any atom is 0.255 e. The van der Waals surface area contributed by atoms with E-state index in [1.165, 1.54) is 0 Å². The number of hydrogen-bond donors (Lipinski definition) is 0. The minimum absolute atomic E-state index is 0.0607. The molecule has 0 bridgehead atoms. The van der Waals surface area contributed by atoms with Crippen LogP contribution >= 0.6 is 0 Å². The number of aromatic nitrogens is 1. The molecule has 0 saturated heterocycles. The molecular weight excluding hydrogens is 218 g/mol. The van der Waals surface area contributed by atoms with Crippen molar-refractivity contribution in [3.8, 4) is 17.2 Å². The van der Waals surface area contributed by atoms with E-state index < -0.39 is 0 Å². The summed E-state index contributed by atoms with van der Waals surface area (Å²) in [5.41, 5.74) is 1.75. The van der Waals surface area contributed by atoms with Gasteiger partial charge in [-0.2, -0.15) is 0 Å². The van der Waals surface area contributed by atoms with Crippen molar-refractivity contribution < 1.29 is 9.47 Å². The van der Waals surface area contributed by atoms with E-state index in [0.717, 1.165) is 17.0 Å². The van der Waals surface area contributed by atoms with Gasteiger partial charge in [0, 0.05) is 18.3 Å². The van der Waals surface area contributed by atoms with Crippen molar-refractivity contribution in [3.05, 3.63) is 52.4 Å². The number of hydrogen-bond acceptors (Lipinski definition) is 3. The summed E-state index contributed by atoms with van der Waals surface area (Å²) >= 11 is 0. The van der Waals surface area contributed by atoms with Gasteiger partial charge in [0.2, 0.25) is 6.79 Å². The smallest absolute Gasteiger partial charge is 0.255 e. The molecule has 0 atom stereocenters.